The molecule has 0 radical (unpaired) electrons. The van der Waals surface area contributed by atoms with Crippen LogP contribution in [0.25, 0.3) is 0 Å². The number of hydrogen-bond acceptors (Lipinski definition) is 3. The first-order chi connectivity index (χ1) is 8.69. The average molecular weight is 248 g/mol. The Bertz CT molecular complexity index is 399. The van der Waals surface area contributed by atoms with E-state index < -0.39 is 0 Å². The molecule has 0 spiro atoms. The minimum absolute atomic E-state index is 0.0935. The zero-order chi connectivity index (χ0) is 13.4. The van der Waals surface area contributed by atoms with Gasteiger partial charge in [-0.1, -0.05) is 19.1 Å². The van der Waals surface area contributed by atoms with Crippen molar-refractivity contribution >= 4 is 11.7 Å². The van der Waals surface area contributed by atoms with Crippen LogP contribution < -0.4 is 10.6 Å². The molecule has 0 heterocycles. The van der Waals surface area contributed by atoms with E-state index in [0.717, 1.165) is 13.0 Å². The van der Waals surface area contributed by atoms with Gasteiger partial charge in [0.05, 0.1) is 0 Å². The average Bonchev–Trinajstić information content (AvgIpc) is 2.42. The zero-order valence-corrected chi connectivity index (χ0v) is 11.0. The molecule has 0 bridgehead atoms. The maximum atomic E-state index is 11.7. The van der Waals surface area contributed by atoms with Crippen molar-refractivity contribution in [2.24, 2.45) is 0 Å². The van der Waals surface area contributed by atoms with E-state index >= 15 is 0 Å². The first kappa shape index (κ1) is 14.4. The molecule has 2 N–H and O–H groups in total. The first-order valence-corrected chi connectivity index (χ1v) is 6.25. The third kappa shape index (κ3) is 4.30. The summed E-state index contributed by atoms with van der Waals surface area (Å²) in [7, 11) is 1.88. The summed E-state index contributed by atoms with van der Waals surface area (Å²) >= 11 is 0. The second-order valence-corrected chi connectivity index (χ2v) is 4.07. The highest BCUT2D eigenvalue weighted by molar-refractivity contribution is 5.98. The van der Waals surface area contributed by atoms with Gasteiger partial charge in [-0.15, -0.1) is 0 Å². The number of ketones is 1. The minimum atomic E-state index is -0.0957. The number of carbonyl (C=O) groups is 2. The second kappa shape index (κ2) is 7.61. The number of rotatable bonds is 7. The van der Waals surface area contributed by atoms with E-state index in [1.807, 2.05) is 14.0 Å². The van der Waals surface area contributed by atoms with Gasteiger partial charge in [0.25, 0.3) is 5.91 Å². The molecule has 0 aromatic heterocycles. The van der Waals surface area contributed by atoms with E-state index in [1.165, 1.54) is 0 Å². The molecule has 1 aromatic carbocycles. The van der Waals surface area contributed by atoms with Crippen LogP contribution in [0, 0.1) is 0 Å². The summed E-state index contributed by atoms with van der Waals surface area (Å²) < 4.78 is 0. The SMILES string of the molecule is CCC(=O)c1ccc(C(=O)NCCCNC)cc1. The highest BCUT2D eigenvalue weighted by Gasteiger charge is 2.06. The van der Waals surface area contributed by atoms with Crippen LogP contribution in [-0.2, 0) is 0 Å². The van der Waals surface area contributed by atoms with E-state index in [2.05, 4.69) is 10.6 Å². The maximum absolute atomic E-state index is 11.7. The molecule has 0 fully saturated rings. The Kier molecular flexibility index (Phi) is 6.08. The van der Waals surface area contributed by atoms with Gasteiger partial charge < -0.3 is 10.6 Å². The molecular weight excluding hydrogens is 228 g/mol. The van der Waals surface area contributed by atoms with Crippen molar-refractivity contribution in [2.45, 2.75) is 19.8 Å². The molecule has 0 aliphatic rings. The lowest BCUT2D eigenvalue weighted by molar-refractivity contribution is 0.0949. The minimum Gasteiger partial charge on any atom is -0.352 e. The topological polar surface area (TPSA) is 58.2 Å². The van der Waals surface area contributed by atoms with Crippen LogP contribution >= 0.6 is 0 Å². The van der Waals surface area contributed by atoms with Crippen molar-refractivity contribution in [2.75, 3.05) is 20.1 Å². The van der Waals surface area contributed by atoms with Gasteiger partial charge in [0.15, 0.2) is 5.78 Å². The number of carbonyl (C=O) groups excluding carboxylic acids is 2. The summed E-state index contributed by atoms with van der Waals surface area (Å²) in [6, 6.07) is 6.79. The van der Waals surface area contributed by atoms with Gasteiger partial charge in [-0.3, -0.25) is 9.59 Å². The Hall–Kier alpha value is -1.68. The predicted octanol–water partition coefficient (Wildman–Crippen LogP) is 1.62. The van der Waals surface area contributed by atoms with Crippen LogP contribution in [0.4, 0.5) is 0 Å². The second-order valence-electron chi connectivity index (χ2n) is 4.07. The summed E-state index contributed by atoms with van der Waals surface area (Å²) in [5.74, 6) is -0.00224. The number of nitrogens with one attached hydrogen (secondary N) is 2. The number of hydrogen-bond donors (Lipinski definition) is 2. The van der Waals surface area contributed by atoms with E-state index in [4.69, 9.17) is 0 Å². The Morgan fingerprint density at radius 1 is 1.06 bits per heavy atom. The fourth-order valence-electron chi connectivity index (χ4n) is 1.58. The van der Waals surface area contributed by atoms with Crippen molar-refractivity contribution in [3.8, 4) is 0 Å². The molecule has 1 amide bonds. The summed E-state index contributed by atoms with van der Waals surface area (Å²) in [6.45, 7) is 3.35. The molecule has 0 atom stereocenters. The van der Waals surface area contributed by atoms with Gasteiger partial charge in [-0.25, -0.2) is 0 Å². The highest BCUT2D eigenvalue weighted by atomic mass is 16.1. The van der Waals surface area contributed by atoms with Gasteiger partial charge in [-0.2, -0.15) is 0 Å². The van der Waals surface area contributed by atoms with E-state index in [9.17, 15) is 9.59 Å². The fraction of sp³-hybridized carbons (Fsp3) is 0.429. The lowest BCUT2D eigenvalue weighted by atomic mass is 10.1. The van der Waals surface area contributed by atoms with Crippen molar-refractivity contribution in [3.63, 3.8) is 0 Å². The Balaban J connectivity index is 2.51. The molecular formula is C14H20N2O2. The predicted molar refractivity (Wildman–Crippen MR) is 71.9 cm³/mol. The molecule has 0 saturated heterocycles. The monoisotopic (exact) mass is 248 g/mol. The quantitative estimate of drug-likeness (QED) is 0.569. The number of amides is 1. The van der Waals surface area contributed by atoms with Gasteiger partial charge in [0.1, 0.15) is 0 Å². The molecule has 0 saturated carbocycles. The van der Waals surface area contributed by atoms with Crippen LogP contribution in [-0.4, -0.2) is 31.8 Å². The van der Waals surface area contributed by atoms with Crippen LogP contribution in [0.1, 0.15) is 40.5 Å². The molecule has 1 rings (SSSR count). The summed E-state index contributed by atoms with van der Waals surface area (Å²) in [5.41, 5.74) is 1.25. The zero-order valence-electron chi connectivity index (χ0n) is 11.0. The summed E-state index contributed by atoms with van der Waals surface area (Å²) in [4.78, 5) is 23.2. The van der Waals surface area contributed by atoms with Crippen LogP contribution in [0.5, 0.6) is 0 Å². The maximum Gasteiger partial charge on any atom is 0.251 e. The highest BCUT2D eigenvalue weighted by Crippen LogP contribution is 2.06. The lowest BCUT2D eigenvalue weighted by Crippen LogP contribution is -2.26. The standard InChI is InChI=1S/C14H20N2O2/c1-3-13(17)11-5-7-12(8-6-11)14(18)16-10-4-9-15-2/h5-8,15H,3-4,9-10H2,1-2H3,(H,16,18). The van der Waals surface area contributed by atoms with Gasteiger partial charge >= 0.3 is 0 Å². The third-order valence-corrected chi connectivity index (χ3v) is 2.68. The third-order valence-electron chi connectivity index (χ3n) is 2.68. The van der Waals surface area contributed by atoms with Crippen LogP contribution in [0.3, 0.4) is 0 Å². The molecule has 0 aliphatic carbocycles. The van der Waals surface area contributed by atoms with E-state index in [0.29, 0.717) is 24.1 Å². The number of Topliss-reactive ketones (excluding diaryl/α,β-unsaturated/α-hetero) is 1. The van der Waals surface area contributed by atoms with E-state index in [1.54, 1.807) is 24.3 Å². The molecule has 1 aromatic rings. The Morgan fingerprint density at radius 3 is 2.22 bits per heavy atom. The number of benzene rings is 1. The molecule has 4 nitrogen and oxygen atoms in total. The fourth-order valence-corrected chi connectivity index (χ4v) is 1.58. The molecule has 18 heavy (non-hydrogen) atoms. The summed E-state index contributed by atoms with van der Waals surface area (Å²) in [6.07, 6.45) is 1.38. The normalized spacial score (nSPS) is 10.1. The van der Waals surface area contributed by atoms with Crippen LogP contribution in [0.2, 0.25) is 0 Å². The Labute approximate surface area is 108 Å². The molecule has 4 heteroatoms. The van der Waals surface area contributed by atoms with Crippen LogP contribution in [0.15, 0.2) is 24.3 Å². The summed E-state index contributed by atoms with van der Waals surface area (Å²) in [5, 5.41) is 5.85. The smallest absolute Gasteiger partial charge is 0.251 e. The van der Waals surface area contributed by atoms with Gasteiger partial charge in [0, 0.05) is 24.1 Å². The lowest BCUT2D eigenvalue weighted by Gasteiger charge is -2.05. The first-order valence-electron chi connectivity index (χ1n) is 6.25. The Morgan fingerprint density at radius 2 is 1.67 bits per heavy atom. The van der Waals surface area contributed by atoms with Crippen molar-refractivity contribution < 1.29 is 9.59 Å². The molecule has 0 aliphatic heterocycles. The van der Waals surface area contributed by atoms with Gasteiger partial charge in [-0.05, 0) is 32.1 Å². The largest absolute Gasteiger partial charge is 0.352 e. The van der Waals surface area contributed by atoms with E-state index in [-0.39, 0.29) is 11.7 Å². The van der Waals surface area contributed by atoms with Crippen molar-refractivity contribution in [1.82, 2.24) is 10.6 Å². The molecule has 98 valence electrons. The van der Waals surface area contributed by atoms with Crippen molar-refractivity contribution in [1.29, 1.82) is 0 Å². The molecule has 0 unspecified atom stereocenters. The van der Waals surface area contributed by atoms with Gasteiger partial charge in [0.2, 0.25) is 0 Å². The van der Waals surface area contributed by atoms with Crippen molar-refractivity contribution in [3.05, 3.63) is 35.4 Å².